The van der Waals surface area contributed by atoms with Crippen molar-refractivity contribution in [2.45, 2.75) is 56.6 Å². The zero-order valence-corrected chi connectivity index (χ0v) is 20.8. The second-order valence-electron chi connectivity index (χ2n) is 9.57. The Morgan fingerprint density at radius 3 is 2.31 bits per heavy atom. The molecule has 0 atom stereocenters. The summed E-state index contributed by atoms with van der Waals surface area (Å²) in [7, 11) is 0. The molecule has 1 aromatic heterocycles. The van der Waals surface area contributed by atoms with Crippen molar-refractivity contribution in [1.82, 2.24) is 9.88 Å². The van der Waals surface area contributed by atoms with Crippen LogP contribution >= 0.6 is 0 Å². The molecule has 14 heteroatoms. The molecule has 0 radical (unpaired) electrons. The van der Waals surface area contributed by atoms with Crippen LogP contribution in [0.3, 0.4) is 0 Å². The monoisotopic (exact) mass is 559 g/mol. The molecule has 2 heterocycles. The zero-order valence-electron chi connectivity index (χ0n) is 20.8. The average Bonchev–Trinajstić information content (AvgIpc) is 2.88. The molecule has 2 fully saturated rings. The van der Waals surface area contributed by atoms with Gasteiger partial charge in [-0.05, 0) is 55.1 Å². The van der Waals surface area contributed by atoms with E-state index in [-0.39, 0.29) is 30.9 Å². The van der Waals surface area contributed by atoms with E-state index in [1.54, 1.807) is 18.3 Å². The van der Waals surface area contributed by atoms with Gasteiger partial charge in [0.05, 0.1) is 11.7 Å². The van der Waals surface area contributed by atoms with E-state index >= 15 is 0 Å². The highest BCUT2D eigenvalue weighted by Gasteiger charge is 2.36. The number of nitrogens with one attached hydrogen (secondary N) is 1. The van der Waals surface area contributed by atoms with Crippen molar-refractivity contribution in [3.8, 4) is 5.75 Å². The molecule has 1 saturated carbocycles. The highest BCUT2D eigenvalue weighted by Crippen LogP contribution is 2.38. The molecule has 1 N–H and O–H groups in total. The van der Waals surface area contributed by atoms with E-state index in [4.69, 9.17) is 4.74 Å². The number of ether oxygens (including phenoxy) is 1. The number of hydrogen-bond donors (Lipinski definition) is 1. The largest absolute Gasteiger partial charge is 0.490 e. The van der Waals surface area contributed by atoms with Crippen molar-refractivity contribution in [3.63, 3.8) is 0 Å². The van der Waals surface area contributed by atoms with Crippen molar-refractivity contribution >= 4 is 23.1 Å². The van der Waals surface area contributed by atoms with Gasteiger partial charge in [0.1, 0.15) is 23.7 Å². The Morgan fingerprint density at radius 2 is 1.69 bits per heavy atom. The van der Waals surface area contributed by atoms with Crippen molar-refractivity contribution in [1.29, 1.82) is 0 Å². The number of rotatable bonds is 7. The Labute approximate surface area is 220 Å². The number of carbonyl (C=O) groups is 1. The van der Waals surface area contributed by atoms with Gasteiger partial charge in [-0.1, -0.05) is 0 Å². The van der Waals surface area contributed by atoms with Crippen LogP contribution in [0.25, 0.3) is 0 Å². The van der Waals surface area contributed by atoms with Gasteiger partial charge in [0.25, 0.3) is 0 Å². The minimum atomic E-state index is -4.69. The van der Waals surface area contributed by atoms with Crippen LogP contribution in [0, 0.1) is 4.91 Å². The lowest BCUT2D eigenvalue weighted by molar-refractivity contribution is -0.161. The minimum Gasteiger partial charge on any atom is -0.490 e. The summed E-state index contributed by atoms with van der Waals surface area (Å²) >= 11 is 0. The number of halogens is 6. The van der Waals surface area contributed by atoms with Crippen LogP contribution in [0.15, 0.2) is 41.7 Å². The molecule has 2 aliphatic rings. The Hall–Kier alpha value is -3.58. The summed E-state index contributed by atoms with van der Waals surface area (Å²) in [6.07, 6.45) is -6.58. The molecular weight excluding hydrogens is 532 g/mol. The maximum absolute atomic E-state index is 13.2. The van der Waals surface area contributed by atoms with Crippen LogP contribution in [0.2, 0.25) is 0 Å². The Bertz CT molecular complexity index is 1160. The van der Waals surface area contributed by atoms with Gasteiger partial charge in [-0.25, -0.2) is 4.98 Å². The molecule has 0 spiro atoms. The fraction of sp³-hybridized carbons (Fsp3) is 0.520. The molecule has 4 rings (SSSR count). The summed E-state index contributed by atoms with van der Waals surface area (Å²) in [4.78, 5) is 29.9. The molecular formula is C25H27F6N5O3. The molecule has 1 aromatic carbocycles. The average molecular weight is 560 g/mol. The van der Waals surface area contributed by atoms with Gasteiger partial charge < -0.3 is 19.9 Å². The lowest BCUT2D eigenvalue weighted by Gasteiger charge is -2.35. The van der Waals surface area contributed by atoms with Crippen molar-refractivity contribution < 1.29 is 35.9 Å². The molecule has 212 valence electrons. The van der Waals surface area contributed by atoms with E-state index < -0.39 is 35.9 Å². The third-order valence-corrected chi connectivity index (χ3v) is 6.77. The number of amides is 1. The van der Waals surface area contributed by atoms with Crippen molar-refractivity contribution in [2.75, 3.05) is 36.4 Å². The quantitative estimate of drug-likeness (QED) is 0.336. The molecule has 0 bridgehead atoms. The van der Waals surface area contributed by atoms with E-state index in [1.165, 1.54) is 11.0 Å². The Morgan fingerprint density at radius 1 is 1.00 bits per heavy atom. The van der Waals surface area contributed by atoms with E-state index in [9.17, 15) is 36.0 Å². The number of carbonyl (C=O) groups excluding carboxylic acids is 1. The van der Waals surface area contributed by atoms with Crippen LogP contribution < -0.4 is 15.0 Å². The number of benzene rings is 1. The molecule has 1 aliphatic carbocycles. The third-order valence-electron chi connectivity index (χ3n) is 6.77. The first-order valence-corrected chi connectivity index (χ1v) is 12.4. The number of piperazine rings is 1. The molecule has 0 unspecified atom stereocenters. The molecule has 2 aromatic rings. The Kier molecular flexibility index (Phi) is 8.50. The highest BCUT2D eigenvalue weighted by atomic mass is 19.4. The number of nitrogens with zero attached hydrogens (tertiary/aromatic N) is 4. The van der Waals surface area contributed by atoms with Crippen molar-refractivity contribution in [2.24, 2.45) is 5.18 Å². The first-order valence-electron chi connectivity index (χ1n) is 12.4. The fourth-order valence-corrected chi connectivity index (χ4v) is 4.80. The van der Waals surface area contributed by atoms with Crippen LogP contribution in [-0.2, 0) is 11.0 Å². The summed E-state index contributed by atoms with van der Waals surface area (Å²) < 4.78 is 83.2. The summed E-state index contributed by atoms with van der Waals surface area (Å²) in [6.45, 7) is 1.02. The number of hydrogen-bond acceptors (Lipinski definition) is 7. The first-order chi connectivity index (χ1) is 18.4. The summed E-state index contributed by atoms with van der Waals surface area (Å²) in [5.74, 6) is 0.242. The molecule has 39 heavy (non-hydrogen) atoms. The van der Waals surface area contributed by atoms with Crippen LogP contribution in [0.4, 0.5) is 43.5 Å². The van der Waals surface area contributed by atoms with E-state index in [2.05, 4.69) is 15.5 Å². The predicted molar refractivity (Wildman–Crippen MR) is 131 cm³/mol. The summed E-state index contributed by atoms with van der Waals surface area (Å²) in [5, 5.41) is 5.56. The van der Waals surface area contributed by atoms with Gasteiger partial charge in [-0.15, -0.1) is 4.91 Å². The molecule has 8 nitrogen and oxygen atoms in total. The van der Waals surface area contributed by atoms with Gasteiger partial charge >= 0.3 is 12.4 Å². The second kappa shape index (κ2) is 11.7. The van der Waals surface area contributed by atoms with E-state index in [0.29, 0.717) is 50.3 Å². The smallest absolute Gasteiger partial charge is 0.418 e. The number of anilines is 2. The van der Waals surface area contributed by atoms with Crippen LogP contribution in [-0.4, -0.2) is 60.3 Å². The number of alkyl halides is 6. The first kappa shape index (κ1) is 28.4. The van der Waals surface area contributed by atoms with Gasteiger partial charge in [0.15, 0.2) is 0 Å². The van der Waals surface area contributed by atoms with Gasteiger partial charge in [0.2, 0.25) is 5.91 Å². The predicted octanol–water partition coefficient (Wildman–Crippen LogP) is 5.90. The Balaban J connectivity index is 1.27. The van der Waals surface area contributed by atoms with E-state index in [0.717, 1.165) is 12.1 Å². The summed E-state index contributed by atoms with van der Waals surface area (Å²) in [6, 6.07) is 6.74. The standard InChI is InChI=1S/C25H27F6N5O3/c26-24(27,28)15-23(37)36-11-9-35(10-12-36)22-14-19(7-8-32-22)39-18-4-1-16(2-5-18)33-17-3-6-21(34-38)20(13-17)25(29,30)31/h3,6-8,13-14,16,18,33H,1-2,4-5,9-12,15H2/t16-,18-. The van der Waals surface area contributed by atoms with Crippen LogP contribution in [0.1, 0.15) is 37.7 Å². The molecule has 1 aliphatic heterocycles. The molecule has 1 amide bonds. The van der Waals surface area contributed by atoms with Crippen molar-refractivity contribution in [3.05, 3.63) is 47.0 Å². The summed E-state index contributed by atoms with van der Waals surface area (Å²) in [5.41, 5.74) is -1.47. The minimum absolute atomic E-state index is 0.0645. The van der Waals surface area contributed by atoms with Gasteiger partial charge in [0, 0.05) is 50.2 Å². The molecule has 1 saturated heterocycles. The maximum Gasteiger partial charge on any atom is 0.418 e. The lowest BCUT2D eigenvalue weighted by atomic mass is 9.92. The second-order valence-corrected chi connectivity index (χ2v) is 9.57. The lowest BCUT2D eigenvalue weighted by Crippen LogP contribution is -2.49. The third kappa shape index (κ3) is 7.73. The number of nitroso groups, excluding NO2 is 1. The van der Waals surface area contributed by atoms with Crippen LogP contribution in [0.5, 0.6) is 5.75 Å². The normalized spacial score (nSPS) is 20.5. The topological polar surface area (TPSA) is 87.1 Å². The zero-order chi connectivity index (χ0) is 28.2. The van der Waals surface area contributed by atoms with Gasteiger partial charge in [-0.2, -0.15) is 26.3 Å². The fourth-order valence-electron chi connectivity index (χ4n) is 4.80. The van der Waals surface area contributed by atoms with Gasteiger partial charge in [-0.3, -0.25) is 4.79 Å². The number of pyridine rings is 1. The number of aromatic nitrogens is 1. The maximum atomic E-state index is 13.2. The highest BCUT2D eigenvalue weighted by molar-refractivity contribution is 5.77. The van der Waals surface area contributed by atoms with E-state index in [1.807, 2.05) is 4.90 Å². The SMILES string of the molecule is O=Nc1ccc(N[C@H]2CC[C@H](Oc3ccnc(N4CCN(C(=O)CC(F)(F)F)CC4)c3)CC2)cc1C(F)(F)F.